The van der Waals surface area contributed by atoms with Crippen LogP contribution in [-0.4, -0.2) is 30.7 Å². The van der Waals surface area contributed by atoms with Gasteiger partial charge in [-0.1, -0.05) is 6.42 Å². The van der Waals surface area contributed by atoms with E-state index in [1.54, 1.807) is 0 Å². The van der Waals surface area contributed by atoms with Crippen LogP contribution in [0.25, 0.3) is 0 Å². The van der Waals surface area contributed by atoms with Gasteiger partial charge in [0.25, 0.3) is 5.69 Å². The van der Waals surface area contributed by atoms with Crippen LogP contribution >= 0.6 is 0 Å². The Morgan fingerprint density at radius 2 is 2.05 bits per heavy atom. The van der Waals surface area contributed by atoms with Crippen LogP contribution in [0.3, 0.4) is 0 Å². The first kappa shape index (κ1) is 13.8. The van der Waals surface area contributed by atoms with E-state index in [9.17, 15) is 18.5 Å². The fourth-order valence-electron chi connectivity index (χ4n) is 2.00. The summed E-state index contributed by atoms with van der Waals surface area (Å²) in [5.74, 6) is 0. The summed E-state index contributed by atoms with van der Waals surface area (Å²) < 4.78 is 26.0. The summed E-state index contributed by atoms with van der Waals surface area (Å²) in [6, 6.07) is 3.55. The Kier molecular flexibility index (Phi) is 3.46. The number of hydrogen-bond donors (Lipinski definition) is 1. The zero-order chi connectivity index (χ0) is 14.2. The zero-order valence-corrected chi connectivity index (χ0v) is 11.3. The number of hydrogen-bond acceptors (Lipinski definition) is 5. The van der Waals surface area contributed by atoms with Gasteiger partial charge in [0.15, 0.2) is 4.90 Å². The third-order valence-electron chi connectivity index (χ3n) is 3.43. The Hall–Kier alpha value is -1.67. The van der Waals surface area contributed by atoms with Crippen LogP contribution < -0.4 is 5.73 Å². The van der Waals surface area contributed by atoms with Crippen molar-refractivity contribution in [3.05, 3.63) is 28.3 Å². The molecule has 1 aliphatic carbocycles. The van der Waals surface area contributed by atoms with Gasteiger partial charge in [-0.15, -0.1) is 0 Å². The van der Waals surface area contributed by atoms with Gasteiger partial charge < -0.3 is 5.73 Å². The Bertz CT molecular complexity index is 610. The molecule has 104 valence electrons. The van der Waals surface area contributed by atoms with Gasteiger partial charge in [0.05, 0.1) is 4.92 Å². The van der Waals surface area contributed by atoms with Crippen molar-refractivity contribution >= 4 is 21.4 Å². The van der Waals surface area contributed by atoms with Crippen molar-refractivity contribution in [1.82, 2.24) is 4.31 Å². The lowest BCUT2D eigenvalue weighted by molar-refractivity contribution is -0.387. The molecule has 0 radical (unpaired) electrons. The van der Waals surface area contributed by atoms with Gasteiger partial charge in [-0.2, -0.15) is 4.31 Å². The van der Waals surface area contributed by atoms with Gasteiger partial charge in [0, 0.05) is 24.8 Å². The highest BCUT2D eigenvalue weighted by Gasteiger charge is 2.35. The number of nitro benzene ring substituents is 1. The molecule has 2 N–H and O–H groups in total. The fraction of sp³-hybridized carbons (Fsp3) is 0.455. The van der Waals surface area contributed by atoms with Gasteiger partial charge in [0.2, 0.25) is 10.0 Å². The molecule has 1 aromatic rings. The molecule has 0 spiro atoms. The molecule has 1 saturated carbocycles. The van der Waals surface area contributed by atoms with Crippen LogP contribution in [0.2, 0.25) is 0 Å². The second kappa shape index (κ2) is 4.78. The lowest BCUT2D eigenvalue weighted by Crippen LogP contribution is -2.41. The Balaban J connectivity index is 2.48. The SMILES string of the molecule is CN(C1CCC1)S(=O)(=O)c1ccc(N)cc1[N+](=O)[O-]. The number of nitrogen functional groups attached to an aromatic ring is 1. The molecule has 1 aliphatic rings. The molecule has 0 aromatic heterocycles. The predicted octanol–water partition coefficient (Wildman–Crippen LogP) is 1.35. The van der Waals surface area contributed by atoms with E-state index in [4.69, 9.17) is 5.73 Å². The van der Waals surface area contributed by atoms with E-state index in [2.05, 4.69) is 0 Å². The first-order chi connectivity index (χ1) is 8.84. The summed E-state index contributed by atoms with van der Waals surface area (Å²) in [6.45, 7) is 0. The van der Waals surface area contributed by atoms with Crippen LogP contribution in [0.1, 0.15) is 19.3 Å². The van der Waals surface area contributed by atoms with Gasteiger partial charge in [-0.05, 0) is 25.0 Å². The Morgan fingerprint density at radius 3 is 2.53 bits per heavy atom. The molecule has 19 heavy (non-hydrogen) atoms. The van der Waals surface area contributed by atoms with Crippen molar-refractivity contribution in [2.75, 3.05) is 12.8 Å². The maximum Gasteiger partial charge on any atom is 0.291 e. The molecular formula is C11H15N3O4S. The molecule has 1 fully saturated rings. The molecule has 0 heterocycles. The van der Waals surface area contributed by atoms with E-state index in [-0.39, 0.29) is 16.6 Å². The summed E-state index contributed by atoms with van der Waals surface area (Å²) in [6.07, 6.45) is 2.56. The monoisotopic (exact) mass is 285 g/mol. The minimum atomic E-state index is -3.86. The fourth-order valence-corrected chi connectivity index (χ4v) is 3.55. The molecule has 0 bridgehead atoms. The Morgan fingerprint density at radius 1 is 1.42 bits per heavy atom. The van der Waals surface area contributed by atoms with Gasteiger partial charge in [0.1, 0.15) is 0 Å². The molecule has 0 atom stereocenters. The number of sulfonamides is 1. The van der Waals surface area contributed by atoms with Gasteiger partial charge in [-0.25, -0.2) is 8.42 Å². The number of nitrogens with zero attached hydrogens (tertiary/aromatic N) is 2. The van der Waals surface area contributed by atoms with Crippen LogP contribution in [0.5, 0.6) is 0 Å². The van der Waals surface area contributed by atoms with Crippen molar-refractivity contribution in [1.29, 1.82) is 0 Å². The smallest absolute Gasteiger partial charge is 0.291 e. The molecule has 0 amide bonds. The molecule has 1 aromatic carbocycles. The van der Waals surface area contributed by atoms with E-state index < -0.39 is 20.6 Å². The molecular weight excluding hydrogens is 270 g/mol. The first-order valence-corrected chi connectivity index (χ1v) is 7.30. The molecule has 0 saturated heterocycles. The second-order valence-electron chi connectivity index (χ2n) is 4.59. The average Bonchev–Trinajstić information content (AvgIpc) is 2.25. The standard InChI is InChI=1S/C11H15N3O4S/c1-13(9-3-2-4-9)19(17,18)11-6-5-8(12)7-10(11)14(15)16/h5-7,9H,2-4,12H2,1H3. The maximum atomic E-state index is 12.4. The zero-order valence-electron chi connectivity index (χ0n) is 10.4. The van der Waals surface area contributed by atoms with Crippen molar-refractivity contribution in [3.63, 3.8) is 0 Å². The van der Waals surface area contributed by atoms with Crippen LogP contribution in [0.15, 0.2) is 23.1 Å². The quantitative estimate of drug-likeness (QED) is 0.510. The van der Waals surface area contributed by atoms with Crippen LogP contribution in [0, 0.1) is 10.1 Å². The van der Waals surface area contributed by atoms with Gasteiger partial charge >= 0.3 is 0 Å². The topological polar surface area (TPSA) is 107 Å². The number of anilines is 1. The third kappa shape index (κ3) is 2.41. The van der Waals surface area contributed by atoms with Crippen molar-refractivity contribution in [3.8, 4) is 0 Å². The average molecular weight is 285 g/mol. The highest BCUT2D eigenvalue weighted by atomic mass is 32.2. The number of rotatable bonds is 4. The van der Waals surface area contributed by atoms with E-state index in [1.807, 2.05) is 0 Å². The second-order valence-corrected chi connectivity index (χ2v) is 6.56. The first-order valence-electron chi connectivity index (χ1n) is 5.86. The van der Waals surface area contributed by atoms with Crippen molar-refractivity contribution in [2.24, 2.45) is 0 Å². The maximum absolute atomic E-state index is 12.4. The van der Waals surface area contributed by atoms with E-state index in [0.717, 1.165) is 25.3 Å². The summed E-state index contributed by atoms with van der Waals surface area (Å²) in [5.41, 5.74) is 5.15. The van der Waals surface area contributed by atoms with Crippen LogP contribution in [-0.2, 0) is 10.0 Å². The molecule has 8 heteroatoms. The predicted molar refractivity (Wildman–Crippen MR) is 70.1 cm³/mol. The number of benzene rings is 1. The van der Waals surface area contributed by atoms with Crippen LogP contribution in [0.4, 0.5) is 11.4 Å². The third-order valence-corrected chi connectivity index (χ3v) is 5.38. The minimum Gasteiger partial charge on any atom is -0.399 e. The largest absolute Gasteiger partial charge is 0.399 e. The van der Waals surface area contributed by atoms with E-state index in [1.165, 1.54) is 23.5 Å². The van der Waals surface area contributed by atoms with E-state index in [0.29, 0.717) is 0 Å². The summed E-state index contributed by atoms with van der Waals surface area (Å²) in [7, 11) is -2.40. The Labute approximate surface area is 111 Å². The summed E-state index contributed by atoms with van der Waals surface area (Å²) >= 11 is 0. The lowest BCUT2D eigenvalue weighted by atomic mass is 9.94. The summed E-state index contributed by atoms with van der Waals surface area (Å²) in [4.78, 5) is 9.93. The molecule has 0 aliphatic heterocycles. The lowest BCUT2D eigenvalue weighted by Gasteiger charge is -2.33. The highest BCUT2D eigenvalue weighted by Crippen LogP contribution is 2.33. The highest BCUT2D eigenvalue weighted by molar-refractivity contribution is 7.89. The molecule has 2 rings (SSSR count). The molecule has 7 nitrogen and oxygen atoms in total. The molecule has 0 unspecified atom stereocenters. The van der Waals surface area contributed by atoms with Crippen molar-refractivity contribution in [2.45, 2.75) is 30.2 Å². The van der Waals surface area contributed by atoms with E-state index >= 15 is 0 Å². The van der Waals surface area contributed by atoms with Crippen molar-refractivity contribution < 1.29 is 13.3 Å². The number of nitro groups is 1. The van der Waals surface area contributed by atoms with Gasteiger partial charge in [-0.3, -0.25) is 10.1 Å². The normalized spacial score (nSPS) is 16.3. The summed E-state index contributed by atoms with van der Waals surface area (Å²) in [5, 5.41) is 11.0. The number of nitrogens with two attached hydrogens (primary N) is 1. The minimum absolute atomic E-state index is 0.0674.